The SMILES string of the molecule is CN(C)CC1CCCCC1NC(=O)c1ccn(COc2ccc(-c3ccccc3)cc2)n1. The van der Waals surface area contributed by atoms with Crippen molar-refractivity contribution in [3.8, 4) is 16.9 Å². The number of hydrogen-bond acceptors (Lipinski definition) is 4. The third kappa shape index (κ3) is 5.77. The zero-order valence-corrected chi connectivity index (χ0v) is 18.9. The van der Waals surface area contributed by atoms with Crippen LogP contribution in [0.3, 0.4) is 0 Å². The minimum Gasteiger partial charge on any atom is -0.471 e. The Morgan fingerprint density at radius 3 is 2.50 bits per heavy atom. The van der Waals surface area contributed by atoms with E-state index in [4.69, 9.17) is 4.74 Å². The van der Waals surface area contributed by atoms with Gasteiger partial charge in [0.2, 0.25) is 0 Å². The van der Waals surface area contributed by atoms with Gasteiger partial charge >= 0.3 is 0 Å². The van der Waals surface area contributed by atoms with Crippen LogP contribution < -0.4 is 10.1 Å². The van der Waals surface area contributed by atoms with Crippen molar-refractivity contribution in [3.05, 3.63) is 72.6 Å². The van der Waals surface area contributed by atoms with Gasteiger partial charge in [-0.1, -0.05) is 55.3 Å². The monoisotopic (exact) mass is 432 g/mol. The first kappa shape index (κ1) is 22.1. The van der Waals surface area contributed by atoms with Crippen molar-refractivity contribution in [3.63, 3.8) is 0 Å². The molecule has 1 saturated carbocycles. The van der Waals surface area contributed by atoms with Crippen LogP contribution in [-0.2, 0) is 6.73 Å². The average Bonchev–Trinajstić information content (AvgIpc) is 3.29. The molecule has 2 unspecified atom stereocenters. The quantitative estimate of drug-likeness (QED) is 0.572. The molecule has 1 amide bonds. The van der Waals surface area contributed by atoms with Crippen LogP contribution in [0.2, 0.25) is 0 Å². The molecule has 4 rings (SSSR count). The summed E-state index contributed by atoms with van der Waals surface area (Å²) in [6, 6.07) is 20.2. The van der Waals surface area contributed by atoms with Gasteiger partial charge in [-0.2, -0.15) is 5.10 Å². The molecule has 6 nitrogen and oxygen atoms in total. The van der Waals surface area contributed by atoms with Gasteiger partial charge < -0.3 is 15.0 Å². The molecular formula is C26H32N4O2. The molecule has 0 radical (unpaired) electrons. The molecule has 32 heavy (non-hydrogen) atoms. The number of amides is 1. The molecule has 0 spiro atoms. The highest BCUT2D eigenvalue weighted by atomic mass is 16.5. The zero-order valence-electron chi connectivity index (χ0n) is 18.9. The molecule has 6 heteroatoms. The second kappa shape index (κ2) is 10.5. The highest BCUT2D eigenvalue weighted by Gasteiger charge is 2.27. The predicted octanol–water partition coefficient (Wildman–Crippen LogP) is 4.44. The van der Waals surface area contributed by atoms with E-state index in [9.17, 15) is 4.79 Å². The van der Waals surface area contributed by atoms with Gasteiger partial charge in [-0.3, -0.25) is 4.79 Å². The number of aromatic nitrogens is 2. The number of ether oxygens (including phenoxy) is 1. The van der Waals surface area contributed by atoms with Crippen LogP contribution in [0.1, 0.15) is 36.2 Å². The lowest BCUT2D eigenvalue weighted by atomic mass is 9.84. The minimum absolute atomic E-state index is 0.105. The summed E-state index contributed by atoms with van der Waals surface area (Å²) in [4.78, 5) is 15.0. The van der Waals surface area contributed by atoms with E-state index in [2.05, 4.69) is 41.5 Å². The number of benzene rings is 2. The van der Waals surface area contributed by atoms with Crippen LogP contribution in [-0.4, -0.2) is 47.3 Å². The van der Waals surface area contributed by atoms with Crippen molar-refractivity contribution in [2.24, 2.45) is 5.92 Å². The summed E-state index contributed by atoms with van der Waals surface area (Å²) in [6.45, 7) is 1.25. The molecule has 2 atom stereocenters. The van der Waals surface area contributed by atoms with Crippen molar-refractivity contribution >= 4 is 5.91 Å². The number of nitrogens with one attached hydrogen (secondary N) is 1. The summed E-state index contributed by atoms with van der Waals surface area (Å²) < 4.78 is 7.50. The van der Waals surface area contributed by atoms with E-state index in [-0.39, 0.29) is 18.7 Å². The van der Waals surface area contributed by atoms with Crippen LogP contribution in [0.25, 0.3) is 11.1 Å². The van der Waals surface area contributed by atoms with Gasteiger partial charge in [0.05, 0.1) is 0 Å². The predicted molar refractivity (Wildman–Crippen MR) is 126 cm³/mol. The van der Waals surface area contributed by atoms with E-state index in [0.717, 1.165) is 30.7 Å². The summed E-state index contributed by atoms with van der Waals surface area (Å²) in [6.07, 6.45) is 6.39. The van der Waals surface area contributed by atoms with Gasteiger partial charge in [-0.25, -0.2) is 4.68 Å². The highest BCUT2D eigenvalue weighted by molar-refractivity contribution is 5.92. The Morgan fingerprint density at radius 1 is 1.03 bits per heavy atom. The summed E-state index contributed by atoms with van der Waals surface area (Å²) in [7, 11) is 4.18. The van der Waals surface area contributed by atoms with Crippen LogP contribution in [0.4, 0.5) is 0 Å². The smallest absolute Gasteiger partial charge is 0.272 e. The molecule has 3 aromatic rings. The first-order valence-corrected chi connectivity index (χ1v) is 11.4. The van der Waals surface area contributed by atoms with Gasteiger partial charge in [0.15, 0.2) is 6.73 Å². The van der Waals surface area contributed by atoms with Gasteiger partial charge in [0.1, 0.15) is 11.4 Å². The van der Waals surface area contributed by atoms with E-state index < -0.39 is 0 Å². The minimum atomic E-state index is -0.105. The number of carbonyl (C=O) groups is 1. The molecular weight excluding hydrogens is 400 g/mol. The molecule has 0 saturated heterocycles. The van der Waals surface area contributed by atoms with Crippen molar-refractivity contribution < 1.29 is 9.53 Å². The maximum absolute atomic E-state index is 12.8. The molecule has 0 bridgehead atoms. The molecule has 1 aliphatic carbocycles. The number of carbonyl (C=O) groups excluding carboxylic acids is 1. The molecule has 1 fully saturated rings. The number of nitrogens with zero attached hydrogens (tertiary/aromatic N) is 3. The molecule has 0 aliphatic heterocycles. The normalized spacial score (nSPS) is 18.5. The molecule has 2 aromatic carbocycles. The van der Waals surface area contributed by atoms with Crippen LogP contribution in [0.5, 0.6) is 5.75 Å². The Bertz CT molecular complexity index is 998. The molecule has 1 heterocycles. The summed E-state index contributed by atoms with van der Waals surface area (Å²) in [5.41, 5.74) is 2.75. The second-order valence-electron chi connectivity index (χ2n) is 8.79. The zero-order chi connectivity index (χ0) is 22.3. The van der Waals surface area contributed by atoms with E-state index in [0.29, 0.717) is 11.6 Å². The van der Waals surface area contributed by atoms with Crippen LogP contribution >= 0.6 is 0 Å². The Labute approximate surface area is 190 Å². The lowest BCUT2D eigenvalue weighted by molar-refractivity contribution is 0.0888. The van der Waals surface area contributed by atoms with Crippen molar-refractivity contribution in [2.45, 2.75) is 38.5 Å². The first-order valence-electron chi connectivity index (χ1n) is 11.4. The fraction of sp³-hybridized carbons (Fsp3) is 0.385. The maximum atomic E-state index is 12.8. The number of rotatable bonds is 8. The third-order valence-electron chi connectivity index (χ3n) is 6.02. The molecule has 1 aliphatic rings. The third-order valence-corrected chi connectivity index (χ3v) is 6.02. The Balaban J connectivity index is 1.31. The summed E-state index contributed by atoms with van der Waals surface area (Å²) in [5, 5.41) is 7.63. The average molecular weight is 433 g/mol. The lowest BCUT2D eigenvalue weighted by Crippen LogP contribution is -2.45. The van der Waals surface area contributed by atoms with E-state index in [1.807, 2.05) is 42.5 Å². The summed E-state index contributed by atoms with van der Waals surface area (Å²) >= 11 is 0. The highest BCUT2D eigenvalue weighted by Crippen LogP contribution is 2.25. The van der Waals surface area contributed by atoms with Gasteiger partial charge in [0.25, 0.3) is 5.91 Å². The second-order valence-corrected chi connectivity index (χ2v) is 8.79. The maximum Gasteiger partial charge on any atom is 0.272 e. The summed E-state index contributed by atoms with van der Waals surface area (Å²) in [5.74, 6) is 1.15. The van der Waals surface area contributed by atoms with Crippen molar-refractivity contribution in [2.75, 3.05) is 20.6 Å². The lowest BCUT2D eigenvalue weighted by Gasteiger charge is -2.33. The van der Waals surface area contributed by atoms with Gasteiger partial charge in [-0.15, -0.1) is 0 Å². The first-order chi connectivity index (χ1) is 15.6. The Kier molecular flexibility index (Phi) is 7.22. The van der Waals surface area contributed by atoms with Crippen molar-refractivity contribution in [1.29, 1.82) is 0 Å². The van der Waals surface area contributed by atoms with E-state index >= 15 is 0 Å². The largest absolute Gasteiger partial charge is 0.471 e. The van der Waals surface area contributed by atoms with Crippen LogP contribution in [0.15, 0.2) is 66.9 Å². The molecule has 1 N–H and O–H groups in total. The fourth-order valence-electron chi connectivity index (χ4n) is 4.40. The van der Waals surface area contributed by atoms with Crippen LogP contribution in [0, 0.1) is 5.92 Å². The van der Waals surface area contributed by atoms with E-state index in [1.165, 1.54) is 18.4 Å². The fourth-order valence-corrected chi connectivity index (χ4v) is 4.40. The Morgan fingerprint density at radius 2 is 1.75 bits per heavy atom. The van der Waals surface area contributed by atoms with Gasteiger partial charge in [0, 0.05) is 18.8 Å². The van der Waals surface area contributed by atoms with Gasteiger partial charge in [-0.05, 0) is 62.2 Å². The topological polar surface area (TPSA) is 59.4 Å². The molecule has 1 aromatic heterocycles. The number of hydrogen-bond donors (Lipinski definition) is 1. The molecule has 168 valence electrons. The standard InChI is InChI=1S/C26H32N4O2/c1-29(2)18-22-10-6-7-11-24(22)27-26(31)25-16-17-30(28-25)19-32-23-14-12-21(13-15-23)20-8-4-3-5-9-20/h3-5,8-9,12-17,22,24H,6-7,10-11,18-19H2,1-2H3,(H,27,31). The van der Waals surface area contributed by atoms with E-state index in [1.54, 1.807) is 16.9 Å². The van der Waals surface area contributed by atoms with Crippen molar-refractivity contribution in [1.82, 2.24) is 20.0 Å². The Hall–Kier alpha value is -3.12.